The normalized spacial score (nSPS) is 12.5. The fourth-order valence-electron chi connectivity index (χ4n) is 3.93. The maximum Gasteiger partial charge on any atom is 0.329 e. The largest absolute Gasteiger partial charge is 0.497 e. The Morgan fingerprint density at radius 2 is 1.84 bits per heavy atom. The van der Waals surface area contributed by atoms with Gasteiger partial charge in [0, 0.05) is 16.9 Å². The number of aromatic amines is 2. The van der Waals surface area contributed by atoms with E-state index < -0.39 is 17.4 Å². The number of benzene rings is 2. The molecular formula is C24H22BrN7O6. The number of ether oxygens (including phenoxy) is 2. The minimum Gasteiger partial charge on any atom is -0.497 e. The Bertz CT molecular complexity index is 1780. The van der Waals surface area contributed by atoms with Crippen molar-refractivity contribution >= 4 is 49.6 Å². The zero-order chi connectivity index (χ0) is 27.0. The number of aromatic nitrogens is 5. The fourth-order valence-corrected chi connectivity index (χ4v) is 4.29. The van der Waals surface area contributed by atoms with Crippen LogP contribution in [0.25, 0.3) is 22.1 Å². The lowest BCUT2D eigenvalue weighted by Crippen LogP contribution is -2.30. The lowest BCUT2D eigenvalue weighted by Gasteiger charge is -2.14. The fraction of sp³-hybridized carbons (Fsp3) is 0.208. The van der Waals surface area contributed by atoms with E-state index in [0.717, 1.165) is 9.04 Å². The second-order valence-electron chi connectivity index (χ2n) is 8.37. The number of rotatable bonds is 8. The molecule has 3 heterocycles. The van der Waals surface area contributed by atoms with Crippen LogP contribution in [-0.2, 0) is 13.6 Å². The summed E-state index contributed by atoms with van der Waals surface area (Å²) in [4.78, 5) is 34.3. The summed E-state index contributed by atoms with van der Waals surface area (Å²) in [6.45, 7) is -0.253. The maximum absolute atomic E-state index is 12.7. The van der Waals surface area contributed by atoms with Gasteiger partial charge in [-0.3, -0.25) is 18.9 Å². The van der Waals surface area contributed by atoms with Gasteiger partial charge in [0.15, 0.2) is 16.9 Å². The second-order valence-corrected chi connectivity index (χ2v) is 9.28. The summed E-state index contributed by atoms with van der Waals surface area (Å²) in [5, 5.41) is 30.1. The summed E-state index contributed by atoms with van der Waals surface area (Å²) in [5.74, 6) is 0.916. The zero-order valence-electron chi connectivity index (χ0n) is 20.2. The Balaban J connectivity index is 1.50. The van der Waals surface area contributed by atoms with Crippen molar-refractivity contribution in [2.45, 2.75) is 12.6 Å². The zero-order valence-corrected chi connectivity index (χ0v) is 21.8. The molecule has 38 heavy (non-hydrogen) atoms. The molecule has 5 rings (SSSR count). The van der Waals surface area contributed by atoms with Gasteiger partial charge in [-0.25, -0.2) is 4.79 Å². The molecule has 13 nitrogen and oxygen atoms in total. The van der Waals surface area contributed by atoms with E-state index in [1.165, 1.54) is 11.6 Å². The number of halogens is 1. The summed E-state index contributed by atoms with van der Waals surface area (Å²) >= 11 is 3.39. The van der Waals surface area contributed by atoms with Crippen LogP contribution in [0, 0.1) is 0 Å². The molecular weight excluding hydrogens is 562 g/mol. The molecule has 4 N–H and O–H groups in total. The van der Waals surface area contributed by atoms with Crippen molar-refractivity contribution in [1.82, 2.24) is 24.1 Å². The van der Waals surface area contributed by atoms with Crippen LogP contribution in [0.2, 0.25) is 0 Å². The number of H-pyrrole nitrogens is 2. The molecule has 0 aliphatic rings. The van der Waals surface area contributed by atoms with Crippen molar-refractivity contribution in [1.29, 1.82) is 0 Å². The highest BCUT2D eigenvalue weighted by Crippen LogP contribution is 2.37. The third-order valence-corrected chi connectivity index (χ3v) is 6.33. The number of azo groups is 1. The van der Waals surface area contributed by atoms with Crippen molar-refractivity contribution in [2.24, 2.45) is 17.3 Å². The molecule has 0 saturated heterocycles. The Morgan fingerprint density at radius 1 is 1.11 bits per heavy atom. The van der Waals surface area contributed by atoms with Crippen molar-refractivity contribution in [3.63, 3.8) is 0 Å². The number of imidazole rings is 1. The number of methoxy groups -OCH3 is 1. The average Bonchev–Trinajstić information content (AvgIpc) is 3.41. The summed E-state index contributed by atoms with van der Waals surface area (Å²) < 4.78 is 14.1. The molecule has 1 unspecified atom stereocenters. The number of aliphatic hydroxyl groups excluding tert-OH is 1. The number of aryl methyl sites for hydroxylation is 1. The van der Waals surface area contributed by atoms with Crippen LogP contribution in [0.3, 0.4) is 0 Å². The first-order valence-electron chi connectivity index (χ1n) is 11.3. The molecule has 0 saturated carbocycles. The van der Waals surface area contributed by atoms with Crippen LogP contribution in [0.1, 0.15) is 0 Å². The van der Waals surface area contributed by atoms with Crippen molar-refractivity contribution in [2.75, 3.05) is 13.7 Å². The highest BCUT2D eigenvalue weighted by molar-refractivity contribution is 9.10. The first kappa shape index (κ1) is 25.2. The third kappa shape index (κ3) is 4.78. The number of fused-ring (bicyclic) bond motifs is 2. The molecule has 0 bridgehead atoms. The highest BCUT2D eigenvalue weighted by atomic mass is 79.9. The van der Waals surface area contributed by atoms with E-state index in [1.807, 2.05) is 0 Å². The van der Waals surface area contributed by atoms with Crippen LogP contribution in [0.4, 0.5) is 11.6 Å². The SMILES string of the molecule is COc1ccc(OCC(O)Cn2c(N=Nc3c(O)[nH]c4ccc(Br)cc34)nc3c2c(=O)[nH]c(=O)n3C)cc1. The van der Waals surface area contributed by atoms with E-state index in [0.29, 0.717) is 22.4 Å². The quantitative estimate of drug-likeness (QED) is 0.203. The van der Waals surface area contributed by atoms with E-state index in [4.69, 9.17) is 9.47 Å². The monoisotopic (exact) mass is 583 g/mol. The lowest BCUT2D eigenvalue weighted by molar-refractivity contribution is 0.0937. The molecule has 0 radical (unpaired) electrons. The van der Waals surface area contributed by atoms with Crippen LogP contribution < -0.4 is 20.7 Å². The summed E-state index contributed by atoms with van der Waals surface area (Å²) in [7, 11) is 3.01. The number of aliphatic hydroxyl groups is 1. The first-order valence-corrected chi connectivity index (χ1v) is 12.1. The van der Waals surface area contributed by atoms with Gasteiger partial charge in [-0.1, -0.05) is 15.9 Å². The van der Waals surface area contributed by atoms with Gasteiger partial charge in [-0.15, -0.1) is 10.2 Å². The topological polar surface area (TPSA) is 172 Å². The van der Waals surface area contributed by atoms with Crippen LogP contribution in [0.5, 0.6) is 17.4 Å². The van der Waals surface area contributed by atoms with Crippen molar-refractivity contribution < 1.29 is 19.7 Å². The van der Waals surface area contributed by atoms with Gasteiger partial charge in [0.25, 0.3) is 11.5 Å². The van der Waals surface area contributed by atoms with E-state index in [2.05, 4.69) is 41.1 Å². The standard InChI is InChI=1S/C24H22BrN7O6/c1-31-20-19(22(35)28-24(31)36)32(10-13(33)11-38-15-6-4-14(37-2)5-7-15)23(27-20)30-29-18-16-9-12(25)3-8-17(16)26-21(18)34/h3-9,13,26,33-34H,10-11H2,1-2H3,(H,28,35,36). The average molecular weight is 584 g/mol. The van der Waals surface area contributed by atoms with E-state index in [9.17, 15) is 19.8 Å². The van der Waals surface area contributed by atoms with E-state index in [1.54, 1.807) is 49.6 Å². The Hall–Kier alpha value is -4.43. The van der Waals surface area contributed by atoms with Gasteiger partial charge in [0.1, 0.15) is 24.2 Å². The third-order valence-electron chi connectivity index (χ3n) is 5.84. The second kappa shape index (κ2) is 10.1. The van der Waals surface area contributed by atoms with Crippen LogP contribution >= 0.6 is 15.9 Å². The first-order chi connectivity index (χ1) is 18.2. The lowest BCUT2D eigenvalue weighted by atomic mass is 10.2. The Kier molecular flexibility index (Phi) is 6.73. The molecule has 0 amide bonds. The van der Waals surface area contributed by atoms with Gasteiger partial charge in [-0.2, -0.15) is 4.98 Å². The van der Waals surface area contributed by atoms with Gasteiger partial charge in [0.2, 0.25) is 5.88 Å². The molecule has 14 heteroatoms. The number of nitrogens with one attached hydrogen (secondary N) is 2. The van der Waals surface area contributed by atoms with Crippen molar-refractivity contribution in [3.8, 4) is 17.4 Å². The smallest absolute Gasteiger partial charge is 0.329 e. The Morgan fingerprint density at radius 3 is 2.58 bits per heavy atom. The van der Waals surface area contributed by atoms with Gasteiger partial charge < -0.3 is 24.7 Å². The molecule has 0 aliphatic carbocycles. The molecule has 0 spiro atoms. The van der Waals surface area contributed by atoms with E-state index in [-0.39, 0.29) is 41.8 Å². The maximum atomic E-state index is 12.7. The molecule has 196 valence electrons. The molecule has 0 aliphatic heterocycles. The van der Waals surface area contributed by atoms with Crippen LogP contribution in [0.15, 0.2) is 66.8 Å². The van der Waals surface area contributed by atoms with Gasteiger partial charge in [0.05, 0.1) is 19.2 Å². The molecule has 3 aromatic heterocycles. The minimum atomic E-state index is -1.09. The minimum absolute atomic E-state index is 0.0236. The predicted octanol–water partition coefficient (Wildman–Crippen LogP) is 3.24. The highest BCUT2D eigenvalue weighted by Gasteiger charge is 2.21. The Labute approximate surface area is 222 Å². The number of nitrogens with zero attached hydrogens (tertiary/aromatic N) is 5. The molecule has 2 aromatic carbocycles. The number of hydrogen-bond acceptors (Lipinski definition) is 9. The molecule has 0 fully saturated rings. The summed E-state index contributed by atoms with van der Waals surface area (Å²) in [6.07, 6.45) is -1.09. The number of aromatic hydroxyl groups is 1. The predicted molar refractivity (Wildman–Crippen MR) is 142 cm³/mol. The van der Waals surface area contributed by atoms with Gasteiger partial charge in [-0.05, 0) is 42.5 Å². The summed E-state index contributed by atoms with van der Waals surface area (Å²) in [6, 6.07) is 12.2. The van der Waals surface area contributed by atoms with Crippen LogP contribution in [-0.4, -0.2) is 54.1 Å². The molecule has 5 aromatic rings. The number of hydrogen-bond donors (Lipinski definition) is 4. The molecule has 1 atom stereocenters. The van der Waals surface area contributed by atoms with Gasteiger partial charge >= 0.3 is 5.69 Å². The van der Waals surface area contributed by atoms with Crippen molar-refractivity contribution in [3.05, 3.63) is 67.8 Å². The van der Waals surface area contributed by atoms with E-state index >= 15 is 0 Å². The summed E-state index contributed by atoms with van der Waals surface area (Å²) in [5.41, 5.74) is -0.473.